The molecule has 1 aromatic rings. The van der Waals surface area contributed by atoms with Crippen molar-refractivity contribution in [1.82, 2.24) is 5.32 Å². The van der Waals surface area contributed by atoms with E-state index in [4.69, 9.17) is 14.2 Å². The molecule has 1 N–H and O–H groups in total. The molecule has 1 fully saturated rings. The van der Waals surface area contributed by atoms with Gasteiger partial charge in [-0.2, -0.15) is 0 Å². The maximum Gasteiger partial charge on any atom is 0.331 e. The van der Waals surface area contributed by atoms with E-state index in [0.29, 0.717) is 23.5 Å². The molecule has 1 aliphatic heterocycles. The van der Waals surface area contributed by atoms with Gasteiger partial charge in [0.1, 0.15) is 0 Å². The Bertz CT molecular complexity index is 801. The molecule has 0 aromatic heterocycles. The first-order valence-corrected chi connectivity index (χ1v) is 9.72. The average Bonchev–Trinajstić information content (AvgIpc) is 2.96. The number of amides is 1. The van der Waals surface area contributed by atoms with Crippen molar-refractivity contribution in [2.45, 2.75) is 12.5 Å². The predicted molar refractivity (Wildman–Crippen MR) is 94.7 cm³/mol. The Balaban J connectivity index is 1.81. The summed E-state index contributed by atoms with van der Waals surface area (Å²) in [5, 5.41) is 2.54. The summed E-state index contributed by atoms with van der Waals surface area (Å²) in [6, 6.07) is 4.70. The molecule has 1 aromatic carbocycles. The van der Waals surface area contributed by atoms with Gasteiger partial charge in [-0.05, 0) is 30.2 Å². The molecule has 2 rings (SSSR count). The van der Waals surface area contributed by atoms with E-state index in [2.05, 4.69) is 5.32 Å². The van der Waals surface area contributed by atoms with Crippen LogP contribution in [0.5, 0.6) is 11.5 Å². The van der Waals surface area contributed by atoms with Crippen molar-refractivity contribution < 1.29 is 32.2 Å². The summed E-state index contributed by atoms with van der Waals surface area (Å²) in [7, 11) is -0.0430. The van der Waals surface area contributed by atoms with Crippen molar-refractivity contribution in [3.8, 4) is 11.5 Å². The fraction of sp³-hybridized carbons (Fsp3) is 0.412. The molecule has 142 valence electrons. The maximum absolute atomic E-state index is 11.7. The maximum atomic E-state index is 11.7. The molecule has 1 saturated heterocycles. The Morgan fingerprint density at radius 2 is 1.96 bits per heavy atom. The van der Waals surface area contributed by atoms with Crippen LogP contribution in [-0.2, 0) is 24.2 Å². The third kappa shape index (κ3) is 5.76. The van der Waals surface area contributed by atoms with Crippen LogP contribution in [0.4, 0.5) is 0 Å². The Kier molecular flexibility index (Phi) is 6.62. The number of hydrogen-bond acceptors (Lipinski definition) is 7. The van der Waals surface area contributed by atoms with Gasteiger partial charge in [0, 0.05) is 12.1 Å². The highest BCUT2D eigenvalue weighted by atomic mass is 32.2. The Hall–Kier alpha value is -2.55. The SMILES string of the molecule is COc1ccc(/C=C/C(=O)OCC(=O)N[C@@H]2CCS(=O)(=O)C2)cc1OC. The zero-order valence-electron chi connectivity index (χ0n) is 14.6. The molecule has 1 amide bonds. The van der Waals surface area contributed by atoms with Gasteiger partial charge in [0.05, 0.1) is 25.7 Å². The second kappa shape index (κ2) is 8.70. The van der Waals surface area contributed by atoms with Crippen LogP contribution in [0.3, 0.4) is 0 Å². The molecule has 8 nitrogen and oxygen atoms in total. The molecular formula is C17H21NO7S. The van der Waals surface area contributed by atoms with Crippen molar-refractivity contribution in [2.24, 2.45) is 0 Å². The zero-order valence-corrected chi connectivity index (χ0v) is 15.4. The lowest BCUT2D eigenvalue weighted by atomic mass is 10.2. The first-order chi connectivity index (χ1) is 12.3. The van der Waals surface area contributed by atoms with Crippen LogP contribution < -0.4 is 14.8 Å². The average molecular weight is 383 g/mol. The third-order valence-electron chi connectivity index (χ3n) is 3.76. The van der Waals surface area contributed by atoms with E-state index in [1.54, 1.807) is 18.2 Å². The molecule has 26 heavy (non-hydrogen) atoms. The third-order valence-corrected chi connectivity index (χ3v) is 5.53. The van der Waals surface area contributed by atoms with Gasteiger partial charge in [-0.3, -0.25) is 4.79 Å². The van der Waals surface area contributed by atoms with Crippen LogP contribution in [-0.4, -0.2) is 58.7 Å². The molecule has 0 radical (unpaired) electrons. The van der Waals surface area contributed by atoms with Crippen molar-refractivity contribution in [2.75, 3.05) is 32.3 Å². The molecule has 0 bridgehead atoms. The van der Waals surface area contributed by atoms with E-state index in [9.17, 15) is 18.0 Å². The quantitative estimate of drug-likeness (QED) is 0.541. The fourth-order valence-corrected chi connectivity index (χ4v) is 4.16. The lowest BCUT2D eigenvalue weighted by Crippen LogP contribution is -2.38. The summed E-state index contributed by atoms with van der Waals surface area (Å²) in [5.74, 6) is -0.141. The number of rotatable bonds is 7. The monoisotopic (exact) mass is 383 g/mol. The molecule has 0 spiro atoms. The number of nitrogens with one attached hydrogen (secondary N) is 1. The molecular weight excluding hydrogens is 362 g/mol. The van der Waals surface area contributed by atoms with Crippen LogP contribution in [0, 0.1) is 0 Å². The van der Waals surface area contributed by atoms with E-state index < -0.39 is 34.4 Å². The normalized spacial score (nSPS) is 18.5. The van der Waals surface area contributed by atoms with Gasteiger partial charge in [-0.1, -0.05) is 6.07 Å². The van der Waals surface area contributed by atoms with Gasteiger partial charge in [0.15, 0.2) is 27.9 Å². The molecule has 9 heteroatoms. The summed E-state index contributed by atoms with van der Waals surface area (Å²) in [6.07, 6.45) is 3.08. The van der Waals surface area contributed by atoms with Crippen LogP contribution in [0.15, 0.2) is 24.3 Å². The largest absolute Gasteiger partial charge is 0.493 e. The van der Waals surface area contributed by atoms with E-state index in [0.717, 1.165) is 0 Å². The Labute approximate surface area is 152 Å². The van der Waals surface area contributed by atoms with Gasteiger partial charge in [-0.25, -0.2) is 13.2 Å². The highest BCUT2D eigenvalue weighted by Crippen LogP contribution is 2.27. The van der Waals surface area contributed by atoms with Gasteiger partial charge in [-0.15, -0.1) is 0 Å². The summed E-state index contributed by atoms with van der Waals surface area (Å²) in [4.78, 5) is 23.4. The standard InChI is InChI=1S/C17H21NO7S/c1-23-14-5-3-12(9-15(14)24-2)4-6-17(20)25-10-16(19)18-13-7-8-26(21,22)11-13/h3-6,9,13H,7-8,10-11H2,1-2H3,(H,18,19)/b6-4+/t13-/m1/s1. The van der Waals surface area contributed by atoms with Crippen LogP contribution in [0.1, 0.15) is 12.0 Å². The van der Waals surface area contributed by atoms with Gasteiger partial charge in [0.25, 0.3) is 5.91 Å². The van der Waals surface area contributed by atoms with Crippen LogP contribution in [0.25, 0.3) is 6.08 Å². The summed E-state index contributed by atoms with van der Waals surface area (Å²) < 4.78 is 37.8. The lowest BCUT2D eigenvalue weighted by molar-refractivity contribution is -0.143. The minimum Gasteiger partial charge on any atom is -0.493 e. The molecule has 0 unspecified atom stereocenters. The smallest absolute Gasteiger partial charge is 0.331 e. The number of ether oxygens (including phenoxy) is 3. The van der Waals surface area contributed by atoms with E-state index >= 15 is 0 Å². The number of esters is 1. The fourth-order valence-electron chi connectivity index (χ4n) is 2.48. The van der Waals surface area contributed by atoms with E-state index in [-0.39, 0.29) is 11.5 Å². The number of carbonyl (C=O) groups excluding carboxylic acids is 2. The number of benzene rings is 1. The van der Waals surface area contributed by atoms with Gasteiger partial charge in [0.2, 0.25) is 0 Å². The van der Waals surface area contributed by atoms with Gasteiger partial charge < -0.3 is 19.5 Å². The van der Waals surface area contributed by atoms with Crippen molar-refractivity contribution in [1.29, 1.82) is 0 Å². The van der Waals surface area contributed by atoms with Crippen molar-refractivity contribution in [3.63, 3.8) is 0 Å². The second-order valence-electron chi connectivity index (χ2n) is 5.72. The number of methoxy groups -OCH3 is 2. The van der Waals surface area contributed by atoms with Crippen LogP contribution >= 0.6 is 0 Å². The van der Waals surface area contributed by atoms with Crippen LogP contribution in [0.2, 0.25) is 0 Å². The summed E-state index contributed by atoms with van der Waals surface area (Å²) in [6.45, 7) is -0.467. The van der Waals surface area contributed by atoms with Crippen molar-refractivity contribution in [3.05, 3.63) is 29.8 Å². The molecule has 1 aliphatic rings. The predicted octanol–water partition coefficient (Wildman–Crippen LogP) is 0.564. The molecule has 1 heterocycles. The van der Waals surface area contributed by atoms with E-state index in [1.165, 1.54) is 26.4 Å². The summed E-state index contributed by atoms with van der Waals surface area (Å²) in [5.41, 5.74) is 0.695. The minimum atomic E-state index is -3.08. The first kappa shape index (κ1) is 19.8. The first-order valence-electron chi connectivity index (χ1n) is 7.89. The van der Waals surface area contributed by atoms with Crippen molar-refractivity contribution >= 4 is 27.8 Å². The van der Waals surface area contributed by atoms with E-state index in [1.807, 2.05) is 0 Å². The zero-order chi connectivity index (χ0) is 19.2. The summed E-state index contributed by atoms with van der Waals surface area (Å²) >= 11 is 0. The molecule has 0 aliphatic carbocycles. The number of sulfone groups is 1. The Morgan fingerprint density at radius 3 is 2.58 bits per heavy atom. The molecule has 0 saturated carbocycles. The highest BCUT2D eigenvalue weighted by Gasteiger charge is 2.28. The topological polar surface area (TPSA) is 108 Å². The van der Waals surface area contributed by atoms with Gasteiger partial charge >= 0.3 is 5.97 Å². The lowest BCUT2D eigenvalue weighted by Gasteiger charge is -2.10. The number of carbonyl (C=O) groups is 2. The highest BCUT2D eigenvalue weighted by molar-refractivity contribution is 7.91. The minimum absolute atomic E-state index is 0.0613. The Morgan fingerprint density at radius 1 is 1.23 bits per heavy atom. The number of hydrogen-bond donors (Lipinski definition) is 1. The molecule has 1 atom stereocenters. The second-order valence-corrected chi connectivity index (χ2v) is 7.95.